The van der Waals surface area contributed by atoms with E-state index >= 15 is 0 Å². The number of nitrogens with zero attached hydrogens (tertiary/aromatic N) is 2. The van der Waals surface area contributed by atoms with Crippen LogP contribution in [0.25, 0.3) is 0 Å². The zero-order valence-corrected chi connectivity index (χ0v) is 9.32. The van der Waals surface area contributed by atoms with Gasteiger partial charge in [0.1, 0.15) is 0 Å². The molecule has 1 saturated heterocycles. The summed E-state index contributed by atoms with van der Waals surface area (Å²) < 4.78 is 0. The van der Waals surface area contributed by atoms with E-state index in [2.05, 4.69) is 34.4 Å². The third kappa shape index (κ3) is 3.01. The number of hydrogen-bond donors (Lipinski definition) is 1. The van der Waals surface area contributed by atoms with Crippen LogP contribution >= 0.6 is 0 Å². The molecule has 1 aliphatic rings. The second-order valence-corrected chi connectivity index (χ2v) is 4.23. The fourth-order valence-corrected chi connectivity index (χ4v) is 2.05. The summed E-state index contributed by atoms with van der Waals surface area (Å²) in [4.78, 5) is 6.49. The molecule has 82 valence electrons. The van der Waals surface area contributed by atoms with E-state index in [1.54, 1.807) is 0 Å². The Morgan fingerprint density at radius 1 is 1.47 bits per heavy atom. The van der Waals surface area contributed by atoms with E-state index in [4.69, 9.17) is 0 Å². The Morgan fingerprint density at radius 2 is 2.27 bits per heavy atom. The fraction of sp³-hybridized carbons (Fsp3) is 0.583. The van der Waals surface area contributed by atoms with Crippen molar-refractivity contribution in [2.24, 2.45) is 0 Å². The molecule has 0 aromatic carbocycles. The van der Waals surface area contributed by atoms with Crippen molar-refractivity contribution in [2.45, 2.75) is 18.9 Å². The van der Waals surface area contributed by atoms with Crippen LogP contribution in [0.2, 0.25) is 0 Å². The molecule has 0 amide bonds. The summed E-state index contributed by atoms with van der Waals surface area (Å²) in [5.74, 6) is 0. The molecular formula is C12H19N3. The number of nitrogens with one attached hydrogen (secondary N) is 1. The molecular weight excluding hydrogens is 186 g/mol. The molecule has 1 aromatic heterocycles. The SMILES string of the molecule is CN(CCc1ccncc1)C1CCNC1. The molecule has 1 N–H and O–H groups in total. The maximum Gasteiger partial charge on any atom is 0.0270 e. The van der Waals surface area contributed by atoms with Gasteiger partial charge < -0.3 is 10.2 Å². The van der Waals surface area contributed by atoms with Crippen molar-refractivity contribution in [2.75, 3.05) is 26.7 Å². The van der Waals surface area contributed by atoms with Gasteiger partial charge in [-0.3, -0.25) is 4.98 Å². The van der Waals surface area contributed by atoms with Gasteiger partial charge in [-0.25, -0.2) is 0 Å². The molecule has 1 unspecified atom stereocenters. The first-order chi connectivity index (χ1) is 7.36. The minimum absolute atomic E-state index is 0.729. The molecule has 0 spiro atoms. The van der Waals surface area contributed by atoms with Crippen LogP contribution in [0, 0.1) is 0 Å². The molecule has 2 heterocycles. The van der Waals surface area contributed by atoms with Gasteiger partial charge >= 0.3 is 0 Å². The van der Waals surface area contributed by atoms with Crippen molar-refractivity contribution in [3.8, 4) is 0 Å². The number of hydrogen-bond acceptors (Lipinski definition) is 3. The first kappa shape index (κ1) is 10.6. The maximum absolute atomic E-state index is 4.03. The summed E-state index contributed by atoms with van der Waals surface area (Å²) in [6.07, 6.45) is 6.14. The van der Waals surface area contributed by atoms with E-state index in [0.29, 0.717) is 0 Å². The normalized spacial score (nSPS) is 21.1. The van der Waals surface area contributed by atoms with Crippen molar-refractivity contribution >= 4 is 0 Å². The predicted octanol–water partition coefficient (Wildman–Crippen LogP) is 0.918. The third-order valence-corrected chi connectivity index (χ3v) is 3.16. The number of pyridine rings is 1. The maximum atomic E-state index is 4.03. The molecule has 1 fully saturated rings. The zero-order chi connectivity index (χ0) is 10.5. The van der Waals surface area contributed by atoms with Gasteiger partial charge in [0.15, 0.2) is 0 Å². The molecule has 0 saturated carbocycles. The third-order valence-electron chi connectivity index (χ3n) is 3.16. The summed E-state index contributed by atoms with van der Waals surface area (Å²) in [7, 11) is 2.22. The van der Waals surface area contributed by atoms with Crippen molar-refractivity contribution < 1.29 is 0 Å². The minimum atomic E-state index is 0.729. The van der Waals surface area contributed by atoms with E-state index < -0.39 is 0 Å². The lowest BCUT2D eigenvalue weighted by atomic mass is 10.1. The van der Waals surface area contributed by atoms with Crippen molar-refractivity contribution in [3.63, 3.8) is 0 Å². The summed E-state index contributed by atoms with van der Waals surface area (Å²) in [6, 6.07) is 4.92. The molecule has 2 rings (SSSR count). The molecule has 0 aliphatic carbocycles. The van der Waals surface area contributed by atoms with Crippen LogP contribution in [0.4, 0.5) is 0 Å². The van der Waals surface area contributed by atoms with Gasteiger partial charge in [0.25, 0.3) is 0 Å². The lowest BCUT2D eigenvalue weighted by molar-refractivity contribution is 0.260. The van der Waals surface area contributed by atoms with Crippen LogP contribution in [0.1, 0.15) is 12.0 Å². The molecule has 3 nitrogen and oxygen atoms in total. The van der Waals surface area contributed by atoms with E-state index in [1.165, 1.54) is 18.5 Å². The fourth-order valence-electron chi connectivity index (χ4n) is 2.05. The van der Waals surface area contributed by atoms with Gasteiger partial charge in [-0.15, -0.1) is 0 Å². The van der Waals surface area contributed by atoms with Crippen LogP contribution in [-0.2, 0) is 6.42 Å². The number of aromatic nitrogens is 1. The largest absolute Gasteiger partial charge is 0.315 e. The lowest BCUT2D eigenvalue weighted by Crippen LogP contribution is -2.34. The first-order valence-corrected chi connectivity index (χ1v) is 5.66. The standard InChI is InChI=1S/C12H19N3/c1-15(12-4-8-14-10-12)9-5-11-2-6-13-7-3-11/h2-3,6-7,12,14H,4-5,8-10H2,1H3. The highest BCUT2D eigenvalue weighted by Gasteiger charge is 2.18. The highest BCUT2D eigenvalue weighted by atomic mass is 15.2. The van der Waals surface area contributed by atoms with Gasteiger partial charge in [0.2, 0.25) is 0 Å². The van der Waals surface area contributed by atoms with Crippen LogP contribution in [0.3, 0.4) is 0 Å². The Bertz CT molecular complexity index is 280. The molecule has 15 heavy (non-hydrogen) atoms. The predicted molar refractivity (Wildman–Crippen MR) is 61.8 cm³/mol. The van der Waals surface area contributed by atoms with E-state index in [1.807, 2.05) is 12.4 Å². The van der Waals surface area contributed by atoms with Crippen LogP contribution in [0.5, 0.6) is 0 Å². The van der Waals surface area contributed by atoms with Crippen LogP contribution < -0.4 is 5.32 Å². The Balaban J connectivity index is 1.77. The van der Waals surface area contributed by atoms with E-state index in [9.17, 15) is 0 Å². The highest BCUT2D eigenvalue weighted by molar-refractivity contribution is 5.09. The van der Waals surface area contributed by atoms with Gasteiger partial charge in [-0.05, 0) is 44.1 Å². The number of likely N-dealkylation sites (N-methyl/N-ethyl adjacent to an activating group) is 1. The quantitative estimate of drug-likeness (QED) is 0.792. The minimum Gasteiger partial charge on any atom is -0.315 e. The Hall–Kier alpha value is -0.930. The van der Waals surface area contributed by atoms with Crippen LogP contribution in [-0.4, -0.2) is 42.6 Å². The van der Waals surface area contributed by atoms with E-state index in [0.717, 1.165) is 25.6 Å². The first-order valence-electron chi connectivity index (χ1n) is 5.66. The highest BCUT2D eigenvalue weighted by Crippen LogP contribution is 2.07. The van der Waals surface area contributed by atoms with Crippen molar-refractivity contribution in [1.82, 2.24) is 15.2 Å². The Morgan fingerprint density at radius 3 is 2.93 bits per heavy atom. The smallest absolute Gasteiger partial charge is 0.0270 e. The second-order valence-electron chi connectivity index (χ2n) is 4.23. The molecule has 1 aliphatic heterocycles. The van der Waals surface area contributed by atoms with Crippen LogP contribution in [0.15, 0.2) is 24.5 Å². The molecule has 1 atom stereocenters. The second kappa shape index (κ2) is 5.24. The summed E-state index contributed by atoms with van der Waals surface area (Å²) >= 11 is 0. The Labute approximate surface area is 91.5 Å². The van der Waals surface area contributed by atoms with Gasteiger partial charge in [-0.2, -0.15) is 0 Å². The van der Waals surface area contributed by atoms with E-state index in [-0.39, 0.29) is 0 Å². The molecule has 1 aromatic rings. The molecule has 0 radical (unpaired) electrons. The lowest BCUT2D eigenvalue weighted by Gasteiger charge is -2.23. The number of rotatable bonds is 4. The average Bonchev–Trinajstić information content (AvgIpc) is 2.81. The summed E-state index contributed by atoms with van der Waals surface area (Å²) in [5, 5.41) is 3.40. The topological polar surface area (TPSA) is 28.2 Å². The zero-order valence-electron chi connectivity index (χ0n) is 9.32. The van der Waals surface area contributed by atoms with Gasteiger partial charge in [-0.1, -0.05) is 0 Å². The van der Waals surface area contributed by atoms with Crippen molar-refractivity contribution in [1.29, 1.82) is 0 Å². The molecule has 3 heteroatoms. The Kier molecular flexibility index (Phi) is 3.69. The monoisotopic (exact) mass is 205 g/mol. The van der Waals surface area contributed by atoms with Gasteiger partial charge in [0, 0.05) is 31.5 Å². The summed E-state index contributed by atoms with van der Waals surface area (Å²) in [5.41, 5.74) is 1.38. The summed E-state index contributed by atoms with van der Waals surface area (Å²) in [6.45, 7) is 3.45. The van der Waals surface area contributed by atoms with Gasteiger partial charge in [0.05, 0.1) is 0 Å². The van der Waals surface area contributed by atoms with Crippen molar-refractivity contribution in [3.05, 3.63) is 30.1 Å². The molecule has 0 bridgehead atoms. The average molecular weight is 205 g/mol.